The molecule has 6 nitrogen and oxygen atoms in total. The zero-order valence-corrected chi connectivity index (χ0v) is 19.4. The van der Waals surface area contributed by atoms with Crippen molar-refractivity contribution in [3.8, 4) is 0 Å². The fourth-order valence-corrected chi connectivity index (χ4v) is 4.17. The van der Waals surface area contributed by atoms with Gasteiger partial charge in [0.2, 0.25) is 0 Å². The van der Waals surface area contributed by atoms with E-state index >= 15 is 0 Å². The highest BCUT2D eigenvalue weighted by molar-refractivity contribution is 5.89. The highest BCUT2D eigenvalue weighted by Gasteiger charge is 2.25. The van der Waals surface area contributed by atoms with Gasteiger partial charge in [0.05, 0.1) is 0 Å². The molecule has 1 saturated heterocycles. The van der Waals surface area contributed by atoms with Crippen molar-refractivity contribution in [3.05, 3.63) is 82.3 Å². The van der Waals surface area contributed by atoms with Crippen LogP contribution in [0.4, 0.5) is 16.3 Å². The van der Waals surface area contributed by atoms with E-state index in [1.807, 2.05) is 43.0 Å². The van der Waals surface area contributed by atoms with Crippen molar-refractivity contribution in [2.75, 3.05) is 36.4 Å². The Balaban J connectivity index is 1.47. The van der Waals surface area contributed by atoms with E-state index in [-0.39, 0.29) is 6.03 Å². The first kappa shape index (κ1) is 21.8. The van der Waals surface area contributed by atoms with Crippen LogP contribution in [0.3, 0.4) is 0 Å². The van der Waals surface area contributed by atoms with Gasteiger partial charge < -0.3 is 15.1 Å². The summed E-state index contributed by atoms with van der Waals surface area (Å²) in [5.74, 6) is 1.78. The van der Waals surface area contributed by atoms with Crippen LogP contribution in [0.2, 0.25) is 0 Å². The van der Waals surface area contributed by atoms with Gasteiger partial charge in [-0.15, -0.1) is 0 Å². The molecule has 2 heterocycles. The molecule has 0 aliphatic carbocycles. The number of nitrogens with zero attached hydrogens (tertiary/aromatic N) is 4. The summed E-state index contributed by atoms with van der Waals surface area (Å²) in [5, 5.41) is 3.00. The van der Waals surface area contributed by atoms with Crippen molar-refractivity contribution in [1.82, 2.24) is 14.9 Å². The van der Waals surface area contributed by atoms with Crippen LogP contribution in [0.1, 0.15) is 33.8 Å². The second-order valence-corrected chi connectivity index (χ2v) is 8.59. The van der Waals surface area contributed by atoms with Crippen LogP contribution in [-0.4, -0.2) is 47.1 Å². The molecule has 0 saturated carbocycles. The molecule has 0 atom stereocenters. The topological polar surface area (TPSA) is 61.4 Å². The van der Waals surface area contributed by atoms with Crippen LogP contribution < -0.4 is 10.2 Å². The maximum absolute atomic E-state index is 12.7. The lowest BCUT2D eigenvalue weighted by molar-refractivity contribution is 0.208. The zero-order chi connectivity index (χ0) is 22.7. The molecule has 2 amide bonds. The summed E-state index contributed by atoms with van der Waals surface area (Å²) in [7, 11) is 0. The Labute approximate surface area is 190 Å². The van der Waals surface area contributed by atoms with Crippen LogP contribution in [0.25, 0.3) is 0 Å². The van der Waals surface area contributed by atoms with Gasteiger partial charge in [0.25, 0.3) is 0 Å². The molecule has 1 aliphatic rings. The molecule has 0 unspecified atom stereocenters. The Morgan fingerprint density at radius 3 is 2.31 bits per heavy atom. The number of anilines is 2. The summed E-state index contributed by atoms with van der Waals surface area (Å²) in [4.78, 5) is 26.3. The second kappa shape index (κ2) is 9.39. The minimum Gasteiger partial charge on any atom is -0.353 e. The summed E-state index contributed by atoms with van der Waals surface area (Å²) in [5.41, 5.74) is 6.70. The van der Waals surface area contributed by atoms with E-state index in [0.29, 0.717) is 13.1 Å². The van der Waals surface area contributed by atoms with Gasteiger partial charge in [0, 0.05) is 49.5 Å². The number of amides is 2. The van der Waals surface area contributed by atoms with Crippen LogP contribution in [0, 0.1) is 27.7 Å². The monoisotopic (exact) mass is 429 g/mol. The first-order valence-corrected chi connectivity index (χ1v) is 11.2. The van der Waals surface area contributed by atoms with Gasteiger partial charge in [-0.2, -0.15) is 0 Å². The number of hydrogen-bond donors (Lipinski definition) is 1. The lowest BCUT2D eigenvalue weighted by Gasteiger charge is -2.36. The lowest BCUT2D eigenvalue weighted by Crippen LogP contribution is -2.50. The average molecular weight is 430 g/mol. The Hall–Kier alpha value is -3.41. The number of carbonyl (C=O) groups excluding carboxylic acids is 1. The molecule has 1 aliphatic heterocycles. The molecule has 4 rings (SSSR count). The minimum absolute atomic E-state index is 0.0523. The quantitative estimate of drug-likeness (QED) is 0.656. The van der Waals surface area contributed by atoms with Crippen LogP contribution in [0.5, 0.6) is 0 Å². The first-order valence-electron chi connectivity index (χ1n) is 11.2. The van der Waals surface area contributed by atoms with Gasteiger partial charge in [-0.1, -0.05) is 47.5 Å². The summed E-state index contributed by atoms with van der Waals surface area (Å²) in [6.45, 7) is 11.0. The number of aryl methyl sites for hydroxylation is 4. The molecule has 3 aromatic rings. The van der Waals surface area contributed by atoms with Gasteiger partial charge in [0.1, 0.15) is 11.6 Å². The third kappa shape index (κ3) is 5.07. The third-order valence-electron chi connectivity index (χ3n) is 5.94. The van der Waals surface area contributed by atoms with Crippen molar-refractivity contribution in [1.29, 1.82) is 0 Å². The lowest BCUT2D eigenvalue weighted by atomic mass is 10.0. The van der Waals surface area contributed by atoms with E-state index in [9.17, 15) is 4.79 Å². The standard InChI is InChI=1S/C26H31N5O/c1-18-8-10-23(11-9-18)29-26(32)31-14-12-30(13-15-31)25-24(20(3)27-21(4)28-25)17-22-7-5-6-19(2)16-22/h5-11,16H,12-15,17H2,1-4H3,(H,29,32). The van der Waals surface area contributed by atoms with E-state index in [1.165, 1.54) is 22.3 Å². The summed E-state index contributed by atoms with van der Waals surface area (Å²) < 4.78 is 0. The van der Waals surface area contributed by atoms with E-state index in [0.717, 1.165) is 42.5 Å². The maximum atomic E-state index is 12.7. The number of rotatable bonds is 4. The molecule has 166 valence electrons. The van der Waals surface area contributed by atoms with Crippen molar-refractivity contribution < 1.29 is 4.79 Å². The van der Waals surface area contributed by atoms with Crippen LogP contribution in [0.15, 0.2) is 48.5 Å². The zero-order valence-electron chi connectivity index (χ0n) is 19.4. The fraction of sp³-hybridized carbons (Fsp3) is 0.346. The maximum Gasteiger partial charge on any atom is 0.321 e. The molecule has 1 N–H and O–H groups in total. The van der Waals surface area contributed by atoms with Crippen LogP contribution in [-0.2, 0) is 6.42 Å². The fourth-order valence-electron chi connectivity index (χ4n) is 4.17. The molecule has 1 fully saturated rings. The molecule has 0 bridgehead atoms. The summed E-state index contributed by atoms with van der Waals surface area (Å²) >= 11 is 0. The number of piperazine rings is 1. The molecule has 0 radical (unpaired) electrons. The normalized spacial score (nSPS) is 13.9. The van der Waals surface area contributed by atoms with Crippen molar-refractivity contribution >= 4 is 17.5 Å². The molecule has 32 heavy (non-hydrogen) atoms. The Morgan fingerprint density at radius 2 is 1.62 bits per heavy atom. The number of carbonyl (C=O) groups is 1. The Morgan fingerprint density at radius 1 is 0.906 bits per heavy atom. The number of aromatic nitrogens is 2. The van der Waals surface area contributed by atoms with E-state index in [4.69, 9.17) is 4.98 Å². The van der Waals surface area contributed by atoms with Crippen LogP contribution >= 0.6 is 0 Å². The van der Waals surface area contributed by atoms with Gasteiger partial charge in [-0.25, -0.2) is 14.8 Å². The van der Waals surface area contributed by atoms with Gasteiger partial charge in [-0.3, -0.25) is 0 Å². The first-order chi connectivity index (χ1) is 15.4. The molecule has 6 heteroatoms. The molecule has 2 aromatic carbocycles. The number of nitrogens with one attached hydrogen (secondary N) is 1. The van der Waals surface area contributed by atoms with Gasteiger partial charge in [-0.05, 0) is 45.4 Å². The van der Waals surface area contributed by atoms with Crippen molar-refractivity contribution in [2.24, 2.45) is 0 Å². The number of benzene rings is 2. The smallest absolute Gasteiger partial charge is 0.321 e. The predicted molar refractivity (Wildman–Crippen MR) is 129 cm³/mol. The molecular formula is C26H31N5O. The molecule has 0 spiro atoms. The third-order valence-corrected chi connectivity index (χ3v) is 5.94. The van der Waals surface area contributed by atoms with Gasteiger partial charge in [0.15, 0.2) is 0 Å². The number of hydrogen-bond acceptors (Lipinski definition) is 4. The largest absolute Gasteiger partial charge is 0.353 e. The predicted octanol–water partition coefficient (Wildman–Crippen LogP) is 4.66. The SMILES string of the molecule is Cc1ccc(NC(=O)N2CCN(c3nc(C)nc(C)c3Cc3cccc(C)c3)CC2)cc1. The van der Waals surface area contributed by atoms with E-state index in [2.05, 4.69) is 53.3 Å². The van der Waals surface area contributed by atoms with Crippen molar-refractivity contribution in [3.63, 3.8) is 0 Å². The molecular weight excluding hydrogens is 398 g/mol. The van der Waals surface area contributed by atoms with E-state index in [1.54, 1.807) is 0 Å². The number of urea groups is 1. The van der Waals surface area contributed by atoms with Gasteiger partial charge >= 0.3 is 6.03 Å². The molecule has 1 aromatic heterocycles. The second-order valence-electron chi connectivity index (χ2n) is 8.59. The Kier molecular flexibility index (Phi) is 6.40. The Bertz CT molecular complexity index is 1100. The highest BCUT2D eigenvalue weighted by Crippen LogP contribution is 2.25. The van der Waals surface area contributed by atoms with E-state index < -0.39 is 0 Å². The summed E-state index contributed by atoms with van der Waals surface area (Å²) in [6.07, 6.45) is 0.803. The highest BCUT2D eigenvalue weighted by atomic mass is 16.2. The minimum atomic E-state index is -0.0523. The summed E-state index contributed by atoms with van der Waals surface area (Å²) in [6, 6.07) is 16.4. The van der Waals surface area contributed by atoms with Crippen molar-refractivity contribution in [2.45, 2.75) is 34.1 Å². The average Bonchev–Trinajstić information content (AvgIpc) is 2.77.